The van der Waals surface area contributed by atoms with E-state index in [1.165, 1.54) is 0 Å². The van der Waals surface area contributed by atoms with Gasteiger partial charge in [-0.2, -0.15) is 0 Å². The predicted octanol–water partition coefficient (Wildman–Crippen LogP) is -0.123. The molecular formula is C11H24N2O2. The molecule has 90 valence electrons. The lowest BCUT2D eigenvalue weighted by molar-refractivity contribution is 0.0618. The van der Waals surface area contributed by atoms with Crippen molar-refractivity contribution in [3.63, 3.8) is 0 Å². The lowest BCUT2D eigenvalue weighted by Gasteiger charge is -2.24. The lowest BCUT2D eigenvalue weighted by Crippen LogP contribution is -2.37. The van der Waals surface area contributed by atoms with Crippen LogP contribution in [0.5, 0.6) is 0 Å². The first-order valence-electron chi connectivity index (χ1n) is 5.68. The number of nitrogens with zero attached hydrogens (tertiary/aromatic N) is 2. The van der Waals surface area contributed by atoms with E-state index in [1.54, 1.807) is 0 Å². The van der Waals surface area contributed by atoms with Gasteiger partial charge in [0.1, 0.15) is 0 Å². The molecule has 1 heterocycles. The summed E-state index contributed by atoms with van der Waals surface area (Å²) in [6.07, 6.45) is 0.766. The minimum absolute atomic E-state index is 0.236. The number of aliphatic hydroxyl groups excluding tert-OH is 1. The maximum atomic E-state index is 9.95. The highest BCUT2D eigenvalue weighted by Gasteiger charge is 2.24. The molecule has 4 nitrogen and oxygen atoms in total. The van der Waals surface area contributed by atoms with E-state index in [0.717, 1.165) is 39.3 Å². The van der Waals surface area contributed by atoms with Crippen LogP contribution >= 0.6 is 0 Å². The SMILES string of the molecule is CN(C)CCN(C)CC(O)C1CCOC1. The molecule has 0 aromatic rings. The number of hydrogen-bond donors (Lipinski definition) is 1. The highest BCUT2D eigenvalue weighted by molar-refractivity contribution is 4.75. The van der Waals surface area contributed by atoms with Gasteiger partial charge >= 0.3 is 0 Å². The van der Waals surface area contributed by atoms with Crippen molar-refractivity contribution >= 4 is 0 Å². The summed E-state index contributed by atoms with van der Waals surface area (Å²) >= 11 is 0. The molecule has 0 aliphatic carbocycles. The maximum Gasteiger partial charge on any atom is 0.0717 e. The smallest absolute Gasteiger partial charge is 0.0717 e. The zero-order valence-electron chi connectivity index (χ0n) is 10.1. The fourth-order valence-corrected chi connectivity index (χ4v) is 1.79. The van der Waals surface area contributed by atoms with E-state index in [9.17, 15) is 5.11 Å². The zero-order chi connectivity index (χ0) is 11.3. The number of hydrogen-bond acceptors (Lipinski definition) is 4. The minimum atomic E-state index is -0.236. The molecule has 1 aliphatic heterocycles. The molecule has 0 bridgehead atoms. The highest BCUT2D eigenvalue weighted by Crippen LogP contribution is 2.16. The molecule has 1 fully saturated rings. The van der Waals surface area contributed by atoms with Crippen molar-refractivity contribution in [3.05, 3.63) is 0 Å². The van der Waals surface area contributed by atoms with Crippen molar-refractivity contribution < 1.29 is 9.84 Å². The fourth-order valence-electron chi connectivity index (χ4n) is 1.79. The standard InChI is InChI=1S/C11H24N2O2/c1-12(2)5-6-13(3)8-11(14)10-4-7-15-9-10/h10-11,14H,4-9H2,1-3H3. The first kappa shape index (κ1) is 12.9. The summed E-state index contributed by atoms with van der Waals surface area (Å²) in [5.41, 5.74) is 0. The third kappa shape index (κ3) is 4.93. The van der Waals surface area contributed by atoms with Gasteiger partial charge in [0.2, 0.25) is 0 Å². The topological polar surface area (TPSA) is 35.9 Å². The monoisotopic (exact) mass is 216 g/mol. The summed E-state index contributed by atoms with van der Waals surface area (Å²) in [6.45, 7) is 4.32. The van der Waals surface area contributed by atoms with Gasteiger partial charge in [0.05, 0.1) is 12.7 Å². The Morgan fingerprint density at radius 2 is 2.07 bits per heavy atom. The van der Waals surface area contributed by atoms with Gasteiger partial charge in [0.25, 0.3) is 0 Å². The third-order valence-electron chi connectivity index (χ3n) is 2.94. The average Bonchev–Trinajstić information content (AvgIpc) is 2.67. The maximum absolute atomic E-state index is 9.95. The molecule has 0 saturated carbocycles. The quantitative estimate of drug-likeness (QED) is 0.671. The molecule has 0 spiro atoms. The molecule has 0 aromatic heterocycles. The van der Waals surface area contributed by atoms with Gasteiger partial charge < -0.3 is 19.6 Å². The molecular weight excluding hydrogens is 192 g/mol. The van der Waals surface area contributed by atoms with Gasteiger partial charge in [-0.25, -0.2) is 0 Å². The van der Waals surface area contributed by atoms with Crippen LogP contribution in [0.25, 0.3) is 0 Å². The number of aliphatic hydroxyl groups is 1. The minimum Gasteiger partial charge on any atom is -0.391 e. The van der Waals surface area contributed by atoms with Crippen LogP contribution in [0.3, 0.4) is 0 Å². The average molecular weight is 216 g/mol. The van der Waals surface area contributed by atoms with Gasteiger partial charge in [-0.1, -0.05) is 0 Å². The summed E-state index contributed by atoms with van der Waals surface area (Å²) in [5.74, 6) is 0.340. The van der Waals surface area contributed by atoms with Crippen LogP contribution in [0.1, 0.15) is 6.42 Å². The predicted molar refractivity (Wildman–Crippen MR) is 61.0 cm³/mol. The van der Waals surface area contributed by atoms with Crippen molar-refractivity contribution in [1.82, 2.24) is 9.80 Å². The Morgan fingerprint density at radius 3 is 2.60 bits per heavy atom. The van der Waals surface area contributed by atoms with Crippen molar-refractivity contribution in [2.45, 2.75) is 12.5 Å². The molecule has 0 amide bonds. The second kappa shape index (κ2) is 6.43. The Bertz CT molecular complexity index is 170. The molecule has 1 aliphatic rings. The van der Waals surface area contributed by atoms with Crippen LogP contribution in [-0.2, 0) is 4.74 Å². The van der Waals surface area contributed by atoms with Gasteiger partial charge in [0, 0.05) is 32.2 Å². The second-order valence-electron chi connectivity index (χ2n) is 4.76. The summed E-state index contributed by atoms with van der Waals surface area (Å²) in [4.78, 5) is 4.34. The van der Waals surface area contributed by atoms with E-state index in [-0.39, 0.29) is 6.10 Å². The molecule has 1 rings (SSSR count). The van der Waals surface area contributed by atoms with Gasteiger partial charge in [-0.15, -0.1) is 0 Å². The van der Waals surface area contributed by atoms with Crippen LogP contribution in [0, 0.1) is 5.92 Å². The molecule has 2 atom stereocenters. The largest absolute Gasteiger partial charge is 0.391 e. The number of ether oxygens (including phenoxy) is 1. The molecule has 0 radical (unpaired) electrons. The fraction of sp³-hybridized carbons (Fsp3) is 1.00. The van der Waals surface area contributed by atoms with Crippen molar-refractivity contribution in [3.8, 4) is 0 Å². The number of rotatable bonds is 6. The summed E-state index contributed by atoms with van der Waals surface area (Å²) in [6, 6.07) is 0. The van der Waals surface area contributed by atoms with E-state index in [4.69, 9.17) is 4.74 Å². The Balaban J connectivity index is 2.15. The summed E-state index contributed by atoms with van der Waals surface area (Å²) in [7, 11) is 6.19. The van der Waals surface area contributed by atoms with Crippen LogP contribution < -0.4 is 0 Å². The first-order valence-corrected chi connectivity index (χ1v) is 5.68. The first-order chi connectivity index (χ1) is 7.09. The van der Waals surface area contributed by atoms with E-state index in [2.05, 4.69) is 30.9 Å². The molecule has 2 unspecified atom stereocenters. The normalized spacial score (nSPS) is 24.0. The van der Waals surface area contributed by atoms with E-state index < -0.39 is 0 Å². The molecule has 15 heavy (non-hydrogen) atoms. The van der Waals surface area contributed by atoms with Crippen molar-refractivity contribution in [2.75, 3.05) is 54.0 Å². The van der Waals surface area contributed by atoms with Crippen LogP contribution in [0.2, 0.25) is 0 Å². The molecule has 0 aromatic carbocycles. The lowest BCUT2D eigenvalue weighted by atomic mass is 10.0. The Labute approximate surface area is 92.8 Å². The van der Waals surface area contributed by atoms with E-state index in [0.29, 0.717) is 5.92 Å². The Kier molecular flexibility index (Phi) is 5.53. The van der Waals surface area contributed by atoms with Crippen molar-refractivity contribution in [2.24, 2.45) is 5.92 Å². The van der Waals surface area contributed by atoms with Crippen LogP contribution in [0.15, 0.2) is 0 Å². The van der Waals surface area contributed by atoms with Crippen LogP contribution in [-0.4, -0.2) is 75.0 Å². The van der Waals surface area contributed by atoms with Gasteiger partial charge in [-0.3, -0.25) is 0 Å². The van der Waals surface area contributed by atoms with Gasteiger partial charge in [-0.05, 0) is 27.6 Å². The molecule has 4 heteroatoms. The van der Waals surface area contributed by atoms with E-state index in [1.807, 2.05) is 0 Å². The second-order valence-corrected chi connectivity index (χ2v) is 4.76. The number of likely N-dealkylation sites (N-methyl/N-ethyl adjacent to an activating group) is 2. The summed E-state index contributed by atoms with van der Waals surface area (Å²) < 4.78 is 5.27. The molecule has 1 saturated heterocycles. The summed E-state index contributed by atoms with van der Waals surface area (Å²) in [5, 5.41) is 9.95. The van der Waals surface area contributed by atoms with Crippen LogP contribution in [0.4, 0.5) is 0 Å². The third-order valence-corrected chi connectivity index (χ3v) is 2.94. The van der Waals surface area contributed by atoms with E-state index >= 15 is 0 Å². The highest BCUT2D eigenvalue weighted by atomic mass is 16.5. The van der Waals surface area contributed by atoms with Crippen molar-refractivity contribution in [1.29, 1.82) is 0 Å². The zero-order valence-corrected chi connectivity index (χ0v) is 10.1. The van der Waals surface area contributed by atoms with Gasteiger partial charge in [0.15, 0.2) is 0 Å². The Hall–Kier alpha value is -0.160. The molecule has 1 N–H and O–H groups in total. The Morgan fingerprint density at radius 1 is 1.33 bits per heavy atom.